The van der Waals surface area contributed by atoms with Gasteiger partial charge in [-0.2, -0.15) is 10.4 Å². The Morgan fingerprint density at radius 1 is 1.19 bits per heavy atom. The van der Waals surface area contributed by atoms with Crippen LogP contribution in [0, 0.1) is 18.3 Å². The molecule has 0 amide bonds. The summed E-state index contributed by atoms with van der Waals surface area (Å²) in [5.74, 6) is 0. The number of nitrogens with one attached hydrogen (secondary N) is 1. The van der Waals surface area contributed by atoms with E-state index in [0.29, 0.717) is 12.1 Å². The molecule has 0 spiro atoms. The van der Waals surface area contributed by atoms with E-state index in [1.807, 2.05) is 49.0 Å². The molecular formula is C20H21N5O. The van der Waals surface area contributed by atoms with E-state index in [1.54, 1.807) is 24.5 Å². The van der Waals surface area contributed by atoms with Crippen LogP contribution in [0.1, 0.15) is 41.5 Å². The number of nitriles is 1. The first kappa shape index (κ1) is 17.8. The van der Waals surface area contributed by atoms with Gasteiger partial charge in [-0.25, -0.2) is 4.68 Å². The van der Waals surface area contributed by atoms with Crippen molar-refractivity contribution in [3.8, 4) is 11.8 Å². The smallest absolute Gasteiger partial charge is 0.0991 e. The third kappa shape index (κ3) is 3.80. The molecule has 2 N–H and O–H groups in total. The highest BCUT2D eigenvalue weighted by molar-refractivity contribution is 5.41. The van der Waals surface area contributed by atoms with Gasteiger partial charge in [-0.1, -0.05) is 0 Å². The maximum Gasteiger partial charge on any atom is 0.0991 e. The molecule has 2 atom stereocenters. The number of benzene rings is 1. The topological polar surface area (TPSA) is 86.8 Å². The molecule has 1 aromatic carbocycles. The van der Waals surface area contributed by atoms with Crippen LogP contribution in [-0.4, -0.2) is 26.4 Å². The summed E-state index contributed by atoms with van der Waals surface area (Å²) in [6.45, 7) is 4.50. The Balaban J connectivity index is 1.69. The van der Waals surface area contributed by atoms with Gasteiger partial charge in [0.1, 0.15) is 0 Å². The number of rotatable bonds is 6. The summed E-state index contributed by atoms with van der Waals surface area (Å²) in [4.78, 5) is 3.96. The summed E-state index contributed by atoms with van der Waals surface area (Å²) in [5, 5.41) is 27.0. The summed E-state index contributed by atoms with van der Waals surface area (Å²) < 4.78 is 1.86. The molecule has 6 heteroatoms. The van der Waals surface area contributed by atoms with Gasteiger partial charge in [-0.15, -0.1) is 0 Å². The molecule has 132 valence electrons. The van der Waals surface area contributed by atoms with E-state index in [2.05, 4.69) is 21.5 Å². The molecule has 0 radical (unpaired) electrons. The quantitative estimate of drug-likeness (QED) is 0.716. The van der Waals surface area contributed by atoms with Crippen LogP contribution < -0.4 is 5.32 Å². The molecule has 0 aliphatic rings. The number of hydrogen-bond donors (Lipinski definition) is 2. The highest BCUT2D eigenvalue weighted by atomic mass is 16.3. The Kier molecular flexibility index (Phi) is 5.42. The van der Waals surface area contributed by atoms with Crippen LogP contribution >= 0.6 is 0 Å². The van der Waals surface area contributed by atoms with E-state index in [-0.39, 0.29) is 6.04 Å². The number of aliphatic hydroxyl groups excluding tert-OH is 1. The van der Waals surface area contributed by atoms with Crippen molar-refractivity contribution in [3.63, 3.8) is 0 Å². The van der Waals surface area contributed by atoms with E-state index < -0.39 is 6.10 Å². The van der Waals surface area contributed by atoms with Crippen molar-refractivity contribution in [2.45, 2.75) is 26.0 Å². The Bertz CT molecular complexity index is 896. The summed E-state index contributed by atoms with van der Waals surface area (Å²) in [5.41, 5.74) is 4.46. The molecule has 0 bridgehead atoms. The van der Waals surface area contributed by atoms with Crippen LogP contribution in [-0.2, 0) is 0 Å². The van der Waals surface area contributed by atoms with Gasteiger partial charge in [0.05, 0.1) is 29.6 Å². The van der Waals surface area contributed by atoms with E-state index in [9.17, 15) is 5.11 Å². The van der Waals surface area contributed by atoms with Crippen molar-refractivity contribution in [1.29, 1.82) is 5.26 Å². The lowest BCUT2D eigenvalue weighted by Crippen LogP contribution is -2.25. The molecule has 0 aliphatic carbocycles. The Labute approximate surface area is 152 Å². The Hall–Kier alpha value is -3.01. The molecule has 3 aromatic rings. The van der Waals surface area contributed by atoms with E-state index in [1.165, 1.54) is 0 Å². The van der Waals surface area contributed by atoms with Crippen molar-refractivity contribution < 1.29 is 5.11 Å². The zero-order valence-electron chi connectivity index (χ0n) is 14.8. The largest absolute Gasteiger partial charge is 0.387 e. The minimum absolute atomic E-state index is 0.0404. The minimum Gasteiger partial charge on any atom is -0.387 e. The van der Waals surface area contributed by atoms with Crippen molar-refractivity contribution in [2.75, 3.05) is 6.54 Å². The molecular weight excluding hydrogens is 326 g/mol. The zero-order valence-corrected chi connectivity index (χ0v) is 14.8. The lowest BCUT2D eigenvalue weighted by atomic mass is 10.1. The molecule has 0 saturated heterocycles. The Morgan fingerprint density at radius 3 is 2.54 bits per heavy atom. The fourth-order valence-electron chi connectivity index (χ4n) is 2.89. The summed E-state index contributed by atoms with van der Waals surface area (Å²) in [6.07, 6.45) is 4.60. The van der Waals surface area contributed by atoms with Gasteiger partial charge >= 0.3 is 0 Å². The van der Waals surface area contributed by atoms with Gasteiger partial charge in [0.15, 0.2) is 0 Å². The van der Waals surface area contributed by atoms with Crippen molar-refractivity contribution in [3.05, 3.63) is 77.4 Å². The predicted octanol–water partition coefficient (Wildman–Crippen LogP) is 2.83. The second kappa shape index (κ2) is 7.91. The van der Waals surface area contributed by atoms with E-state index >= 15 is 0 Å². The van der Waals surface area contributed by atoms with Crippen molar-refractivity contribution >= 4 is 0 Å². The average Bonchev–Trinajstić information content (AvgIpc) is 3.08. The fourth-order valence-corrected chi connectivity index (χ4v) is 2.89. The molecule has 0 fully saturated rings. The SMILES string of the molecule is Cc1c(C(C)NCC(O)c2ccncc2)cnn1-c1ccc(C#N)cc1. The van der Waals surface area contributed by atoms with Crippen molar-refractivity contribution in [1.82, 2.24) is 20.1 Å². The fraction of sp³-hybridized carbons (Fsp3) is 0.250. The number of pyridine rings is 1. The van der Waals surface area contributed by atoms with E-state index in [0.717, 1.165) is 22.5 Å². The third-order valence-electron chi connectivity index (χ3n) is 4.46. The number of hydrogen-bond acceptors (Lipinski definition) is 5. The van der Waals surface area contributed by atoms with Crippen LogP contribution in [0.4, 0.5) is 0 Å². The lowest BCUT2D eigenvalue weighted by molar-refractivity contribution is 0.170. The summed E-state index contributed by atoms with van der Waals surface area (Å²) >= 11 is 0. The van der Waals surface area contributed by atoms with Crippen molar-refractivity contribution in [2.24, 2.45) is 0 Å². The van der Waals surface area contributed by atoms with Gasteiger partial charge in [-0.3, -0.25) is 4.98 Å². The molecule has 6 nitrogen and oxygen atoms in total. The lowest BCUT2D eigenvalue weighted by Gasteiger charge is -2.17. The van der Waals surface area contributed by atoms with Gasteiger partial charge < -0.3 is 10.4 Å². The first-order chi connectivity index (χ1) is 12.6. The standard InChI is InChI=1S/C20H21N5O/c1-14(23-13-20(26)17-7-9-22-10-8-17)19-12-24-25(15(19)2)18-5-3-16(11-21)4-6-18/h3-10,12,14,20,23,26H,13H2,1-2H3. The van der Waals surface area contributed by atoms with Gasteiger partial charge in [0.25, 0.3) is 0 Å². The van der Waals surface area contributed by atoms with Gasteiger partial charge in [-0.05, 0) is 55.8 Å². The number of aliphatic hydroxyl groups is 1. The van der Waals surface area contributed by atoms with Crippen LogP contribution in [0.5, 0.6) is 0 Å². The first-order valence-corrected chi connectivity index (χ1v) is 8.46. The van der Waals surface area contributed by atoms with Crippen LogP contribution in [0.25, 0.3) is 5.69 Å². The Morgan fingerprint density at radius 2 is 1.88 bits per heavy atom. The zero-order chi connectivity index (χ0) is 18.5. The summed E-state index contributed by atoms with van der Waals surface area (Å²) in [6, 6.07) is 13.1. The highest BCUT2D eigenvalue weighted by Crippen LogP contribution is 2.21. The normalized spacial score (nSPS) is 13.2. The van der Waals surface area contributed by atoms with Crippen LogP contribution in [0.15, 0.2) is 55.0 Å². The predicted molar refractivity (Wildman–Crippen MR) is 98.6 cm³/mol. The number of aromatic nitrogens is 3. The average molecular weight is 347 g/mol. The second-order valence-corrected chi connectivity index (χ2v) is 6.18. The van der Waals surface area contributed by atoms with Crippen LogP contribution in [0.3, 0.4) is 0 Å². The first-order valence-electron chi connectivity index (χ1n) is 8.46. The molecule has 0 saturated carbocycles. The molecule has 2 aromatic heterocycles. The molecule has 26 heavy (non-hydrogen) atoms. The minimum atomic E-state index is -0.589. The van der Waals surface area contributed by atoms with E-state index in [4.69, 9.17) is 5.26 Å². The summed E-state index contributed by atoms with van der Waals surface area (Å²) in [7, 11) is 0. The molecule has 0 aliphatic heterocycles. The van der Waals surface area contributed by atoms with Gasteiger partial charge in [0, 0.05) is 36.2 Å². The molecule has 3 rings (SSSR count). The second-order valence-electron chi connectivity index (χ2n) is 6.18. The molecule has 2 heterocycles. The number of nitrogens with zero attached hydrogens (tertiary/aromatic N) is 4. The molecule has 2 unspecified atom stereocenters. The third-order valence-corrected chi connectivity index (χ3v) is 4.46. The van der Waals surface area contributed by atoms with Crippen LogP contribution in [0.2, 0.25) is 0 Å². The maximum absolute atomic E-state index is 10.3. The maximum atomic E-state index is 10.3. The monoisotopic (exact) mass is 347 g/mol. The van der Waals surface area contributed by atoms with Gasteiger partial charge in [0.2, 0.25) is 0 Å². The highest BCUT2D eigenvalue weighted by Gasteiger charge is 2.16.